The lowest BCUT2D eigenvalue weighted by molar-refractivity contribution is 0.0594. The molecular weight excluding hydrogens is 334 g/mol. The number of nitrogens with two attached hydrogens (primary N) is 1. The van der Waals surface area contributed by atoms with Crippen LogP contribution >= 0.6 is 15.9 Å². The van der Waals surface area contributed by atoms with Gasteiger partial charge in [-0.1, -0.05) is 15.9 Å². The molecule has 2 aromatic rings. The highest BCUT2D eigenvalue weighted by Gasteiger charge is 2.11. The Morgan fingerprint density at radius 2 is 1.90 bits per heavy atom. The molecule has 6 heteroatoms. The minimum atomic E-state index is -0.499. The number of pyridine rings is 1. The van der Waals surface area contributed by atoms with Gasteiger partial charge in [-0.2, -0.15) is 0 Å². The topological polar surface area (TPSA) is 77.2 Å². The number of nitrogens with zero attached hydrogens (tertiary/aromatic N) is 1. The number of hydrogen-bond donors (Lipinski definition) is 2. The Kier molecular flexibility index (Phi) is 4.47. The smallest absolute Gasteiger partial charge is 0.356 e. The number of aromatic nitrogens is 1. The van der Waals surface area contributed by atoms with Gasteiger partial charge in [-0.3, -0.25) is 0 Å². The lowest BCUT2D eigenvalue weighted by atomic mass is 10.1. The summed E-state index contributed by atoms with van der Waals surface area (Å²) in [4.78, 5) is 15.7. The molecule has 0 aliphatic rings. The van der Waals surface area contributed by atoms with Crippen LogP contribution in [0.4, 0.5) is 17.2 Å². The van der Waals surface area contributed by atoms with Gasteiger partial charge in [-0.15, -0.1) is 0 Å². The molecule has 5 nitrogen and oxygen atoms in total. The van der Waals surface area contributed by atoms with Crippen molar-refractivity contribution in [1.29, 1.82) is 0 Å². The number of aryl methyl sites for hydroxylation is 2. The van der Waals surface area contributed by atoms with Gasteiger partial charge in [0, 0.05) is 10.2 Å². The number of ether oxygens (including phenoxy) is 1. The van der Waals surface area contributed by atoms with Crippen molar-refractivity contribution in [3.63, 3.8) is 0 Å². The highest BCUT2D eigenvalue weighted by molar-refractivity contribution is 9.10. The minimum Gasteiger partial charge on any atom is -0.464 e. The summed E-state index contributed by atoms with van der Waals surface area (Å²) in [5.41, 5.74) is 9.62. The summed E-state index contributed by atoms with van der Waals surface area (Å²) in [5.74, 6) is -0.0692. The molecule has 0 unspecified atom stereocenters. The number of rotatable bonds is 3. The fourth-order valence-corrected chi connectivity index (χ4v) is 2.17. The molecule has 1 aromatic carbocycles. The van der Waals surface area contributed by atoms with Crippen LogP contribution in [-0.2, 0) is 4.74 Å². The zero-order chi connectivity index (χ0) is 15.6. The Morgan fingerprint density at radius 3 is 2.48 bits per heavy atom. The van der Waals surface area contributed by atoms with Crippen molar-refractivity contribution in [3.8, 4) is 0 Å². The second-order valence-electron chi connectivity index (χ2n) is 4.67. The molecule has 1 heterocycles. The number of esters is 1. The minimum absolute atomic E-state index is 0.208. The maximum atomic E-state index is 11.5. The number of anilines is 3. The largest absolute Gasteiger partial charge is 0.464 e. The van der Waals surface area contributed by atoms with E-state index in [0.717, 1.165) is 21.3 Å². The highest BCUT2D eigenvalue weighted by atomic mass is 79.9. The number of nitrogens with one attached hydrogen (secondary N) is 1. The molecule has 0 saturated carbocycles. The van der Waals surface area contributed by atoms with Crippen LogP contribution in [0.5, 0.6) is 0 Å². The van der Waals surface area contributed by atoms with E-state index in [-0.39, 0.29) is 5.69 Å². The number of nitrogen functional groups attached to an aromatic ring is 1. The van der Waals surface area contributed by atoms with E-state index < -0.39 is 5.97 Å². The van der Waals surface area contributed by atoms with Crippen LogP contribution in [0.2, 0.25) is 0 Å². The second-order valence-corrected chi connectivity index (χ2v) is 5.47. The van der Waals surface area contributed by atoms with E-state index in [2.05, 4.69) is 31.0 Å². The molecule has 0 spiro atoms. The summed E-state index contributed by atoms with van der Waals surface area (Å²) in [6.45, 7) is 4.01. The van der Waals surface area contributed by atoms with Crippen LogP contribution in [0.1, 0.15) is 21.6 Å². The first-order chi connectivity index (χ1) is 9.92. The summed E-state index contributed by atoms with van der Waals surface area (Å²) < 4.78 is 5.73. The van der Waals surface area contributed by atoms with E-state index in [9.17, 15) is 4.79 Å². The number of hydrogen-bond acceptors (Lipinski definition) is 5. The van der Waals surface area contributed by atoms with E-state index in [0.29, 0.717) is 11.5 Å². The van der Waals surface area contributed by atoms with Gasteiger partial charge in [0.15, 0.2) is 11.5 Å². The molecule has 0 amide bonds. The van der Waals surface area contributed by atoms with E-state index in [4.69, 9.17) is 5.73 Å². The molecule has 1 aromatic heterocycles. The number of methoxy groups -OCH3 is 1. The van der Waals surface area contributed by atoms with Crippen LogP contribution in [0, 0.1) is 13.8 Å². The lowest BCUT2D eigenvalue weighted by Crippen LogP contribution is -2.08. The molecule has 0 radical (unpaired) electrons. The number of halogens is 1. The van der Waals surface area contributed by atoms with Crippen LogP contribution in [-0.4, -0.2) is 18.1 Å². The normalized spacial score (nSPS) is 10.3. The van der Waals surface area contributed by atoms with E-state index in [1.807, 2.05) is 26.0 Å². The predicted octanol–water partition coefficient (Wildman–Crippen LogP) is 3.57. The highest BCUT2D eigenvalue weighted by Crippen LogP contribution is 2.28. The summed E-state index contributed by atoms with van der Waals surface area (Å²) >= 11 is 3.52. The van der Waals surface area contributed by atoms with Crippen molar-refractivity contribution >= 4 is 39.1 Å². The summed E-state index contributed by atoms with van der Waals surface area (Å²) in [7, 11) is 1.31. The summed E-state index contributed by atoms with van der Waals surface area (Å²) in [5, 5.41) is 3.14. The van der Waals surface area contributed by atoms with Gasteiger partial charge < -0.3 is 15.8 Å². The van der Waals surface area contributed by atoms with Crippen molar-refractivity contribution in [1.82, 2.24) is 4.98 Å². The molecule has 0 bridgehead atoms. The Bertz CT molecular complexity index is 678. The molecule has 110 valence electrons. The van der Waals surface area contributed by atoms with Crippen LogP contribution in [0.15, 0.2) is 28.7 Å². The second kappa shape index (κ2) is 6.13. The van der Waals surface area contributed by atoms with Gasteiger partial charge in [-0.25, -0.2) is 9.78 Å². The van der Waals surface area contributed by atoms with Crippen molar-refractivity contribution in [2.75, 3.05) is 18.2 Å². The van der Waals surface area contributed by atoms with Gasteiger partial charge in [0.05, 0.1) is 12.8 Å². The van der Waals surface area contributed by atoms with Crippen molar-refractivity contribution in [2.45, 2.75) is 13.8 Å². The number of benzene rings is 1. The standard InChI is InChI=1S/C15H16BrN3O2/c1-8-6-10(7-9(2)13(8)16)18-14-11(17)4-5-12(19-14)15(20)21-3/h4-7H,17H2,1-3H3,(H,18,19). The summed E-state index contributed by atoms with van der Waals surface area (Å²) in [6, 6.07) is 7.11. The van der Waals surface area contributed by atoms with E-state index >= 15 is 0 Å². The quantitative estimate of drug-likeness (QED) is 0.828. The molecule has 2 rings (SSSR count). The first kappa shape index (κ1) is 15.3. The first-order valence-corrected chi connectivity index (χ1v) is 7.10. The zero-order valence-corrected chi connectivity index (χ0v) is 13.6. The molecule has 0 aliphatic heterocycles. The van der Waals surface area contributed by atoms with E-state index in [1.54, 1.807) is 6.07 Å². The fraction of sp³-hybridized carbons (Fsp3) is 0.200. The summed E-state index contributed by atoms with van der Waals surface area (Å²) in [6.07, 6.45) is 0. The Labute approximate surface area is 131 Å². The Morgan fingerprint density at radius 1 is 1.29 bits per heavy atom. The average Bonchev–Trinajstić information content (AvgIpc) is 2.46. The SMILES string of the molecule is COC(=O)c1ccc(N)c(Nc2cc(C)c(Br)c(C)c2)n1. The van der Waals surface area contributed by atoms with Gasteiger partial charge in [0.1, 0.15) is 0 Å². The molecular formula is C15H16BrN3O2. The number of carbonyl (C=O) groups excluding carboxylic acids is 1. The van der Waals surface area contributed by atoms with Crippen molar-refractivity contribution in [2.24, 2.45) is 0 Å². The van der Waals surface area contributed by atoms with Crippen LogP contribution < -0.4 is 11.1 Å². The molecule has 0 atom stereocenters. The monoisotopic (exact) mass is 349 g/mol. The van der Waals surface area contributed by atoms with Gasteiger partial charge in [0.25, 0.3) is 0 Å². The lowest BCUT2D eigenvalue weighted by Gasteiger charge is -2.12. The van der Waals surface area contributed by atoms with E-state index in [1.165, 1.54) is 13.2 Å². The molecule has 0 saturated heterocycles. The predicted molar refractivity (Wildman–Crippen MR) is 86.9 cm³/mol. The number of carbonyl (C=O) groups is 1. The molecule has 21 heavy (non-hydrogen) atoms. The third kappa shape index (κ3) is 3.33. The Hall–Kier alpha value is -2.08. The Balaban J connectivity index is 2.37. The van der Waals surface area contributed by atoms with Gasteiger partial charge in [0.2, 0.25) is 0 Å². The van der Waals surface area contributed by atoms with Crippen molar-refractivity contribution < 1.29 is 9.53 Å². The maximum absolute atomic E-state index is 11.5. The maximum Gasteiger partial charge on any atom is 0.356 e. The average molecular weight is 350 g/mol. The first-order valence-electron chi connectivity index (χ1n) is 6.31. The third-order valence-corrected chi connectivity index (χ3v) is 4.27. The molecule has 0 aliphatic carbocycles. The van der Waals surface area contributed by atoms with Crippen molar-refractivity contribution in [3.05, 3.63) is 45.6 Å². The van der Waals surface area contributed by atoms with Gasteiger partial charge >= 0.3 is 5.97 Å². The van der Waals surface area contributed by atoms with Gasteiger partial charge in [-0.05, 0) is 49.2 Å². The van der Waals surface area contributed by atoms with Crippen LogP contribution in [0.3, 0.4) is 0 Å². The molecule has 0 fully saturated rings. The fourth-order valence-electron chi connectivity index (χ4n) is 1.94. The zero-order valence-electron chi connectivity index (χ0n) is 12.0. The third-order valence-electron chi connectivity index (χ3n) is 3.02. The van der Waals surface area contributed by atoms with Crippen LogP contribution in [0.25, 0.3) is 0 Å². The molecule has 3 N–H and O–H groups in total.